The van der Waals surface area contributed by atoms with Gasteiger partial charge in [0, 0.05) is 51.0 Å². The van der Waals surface area contributed by atoms with Crippen LogP contribution in [0.3, 0.4) is 0 Å². The van der Waals surface area contributed by atoms with Crippen LogP contribution in [0.2, 0.25) is 0 Å². The fraction of sp³-hybridized carbons (Fsp3) is 0.750. The third-order valence-electron chi connectivity index (χ3n) is 4.87. The van der Waals surface area contributed by atoms with Crippen LogP contribution in [0, 0.1) is 0 Å². The van der Waals surface area contributed by atoms with Crippen molar-refractivity contribution in [2.75, 3.05) is 44.7 Å². The van der Waals surface area contributed by atoms with E-state index in [9.17, 15) is 13.2 Å². The SMILES string of the molecule is C[C@@H]1Cc2c(C(=O)N3CCN(CCS(C)(=O)=O)CC3)n[nH]c2[C@H](C)O1. The van der Waals surface area contributed by atoms with Gasteiger partial charge in [-0.1, -0.05) is 0 Å². The minimum absolute atomic E-state index is 0.0541. The third kappa shape index (κ3) is 4.21. The number of hydrogen-bond acceptors (Lipinski definition) is 6. The maximum atomic E-state index is 12.9. The smallest absolute Gasteiger partial charge is 0.274 e. The van der Waals surface area contributed by atoms with E-state index in [2.05, 4.69) is 15.1 Å². The van der Waals surface area contributed by atoms with Gasteiger partial charge in [-0.2, -0.15) is 5.10 Å². The molecule has 1 aromatic rings. The highest BCUT2D eigenvalue weighted by atomic mass is 32.2. The number of H-pyrrole nitrogens is 1. The lowest BCUT2D eigenvalue weighted by atomic mass is 9.99. The molecule has 1 fully saturated rings. The first-order chi connectivity index (χ1) is 11.7. The van der Waals surface area contributed by atoms with Crippen LogP contribution in [0.5, 0.6) is 0 Å². The molecule has 0 aliphatic carbocycles. The minimum atomic E-state index is -2.96. The molecule has 0 unspecified atom stereocenters. The second kappa shape index (κ2) is 7.05. The number of nitrogens with zero attached hydrogens (tertiary/aromatic N) is 3. The Hall–Kier alpha value is -1.45. The van der Waals surface area contributed by atoms with Crippen molar-refractivity contribution in [2.45, 2.75) is 32.5 Å². The van der Waals surface area contributed by atoms with Gasteiger partial charge in [0.15, 0.2) is 5.69 Å². The molecule has 2 atom stereocenters. The van der Waals surface area contributed by atoms with Crippen molar-refractivity contribution in [1.82, 2.24) is 20.0 Å². The molecular formula is C16H26N4O4S. The molecule has 0 aromatic carbocycles. The molecule has 1 aromatic heterocycles. The predicted molar refractivity (Wildman–Crippen MR) is 93.3 cm³/mol. The molecule has 3 rings (SSSR count). The Morgan fingerprint density at radius 3 is 2.60 bits per heavy atom. The molecule has 0 radical (unpaired) electrons. The molecule has 2 aliphatic heterocycles. The largest absolute Gasteiger partial charge is 0.369 e. The summed E-state index contributed by atoms with van der Waals surface area (Å²) in [4.78, 5) is 16.7. The van der Waals surface area contributed by atoms with E-state index in [0.29, 0.717) is 44.8 Å². The number of piperazine rings is 1. The van der Waals surface area contributed by atoms with Crippen LogP contribution in [0.4, 0.5) is 0 Å². The first-order valence-corrected chi connectivity index (χ1v) is 10.7. The normalized spacial score (nSPS) is 25.0. The maximum Gasteiger partial charge on any atom is 0.274 e. The Balaban J connectivity index is 1.62. The van der Waals surface area contributed by atoms with E-state index in [1.54, 1.807) is 4.90 Å². The van der Waals surface area contributed by atoms with Gasteiger partial charge < -0.3 is 9.64 Å². The van der Waals surface area contributed by atoms with E-state index in [1.165, 1.54) is 6.26 Å². The Morgan fingerprint density at radius 1 is 1.28 bits per heavy atom. The molecule has 0 spiro atoms. The van der Waals surface area contributed by atoms with E-state index >= 15 is 0 Å². The van der Waals surface area contributed by atoms with E-state index in [-0.39, 0.29) is 23.9 Å². The van der Waals surface area contributed by atoms with Gasteiger partial charge in [0.05, 0.1) is 23.7 Å². The number of nitrogens with one attached hydrogen (secondary N) is 1. The summed E-state index contributed by atoms with van der Waals surface area (Å²) in [5.74, 6) is 0.102. The van der Waals surface area contributed by atoms with Crippen LogP contribution in [-0.4, -0.2) is 85.2 Å². The molecule has 2 aliphatic rings. The average Bonchev–Trinajstić information content (AvgIpc) is 2.96. The number of carbonyl (C=O) groups is 1. The lowest BCUT2D eigenvalue weighted by Crippen LogP contribution is -2.49. The number of fused-ring (bicyclic) bond motifs is 1. The number of hydrogen-bond donors (Lipinski definition) is 1. The Labute approximate surface area is 148 Å². The molecule has 0 bridgehead atoms. The molecule has 140 valence electrons. The zero-order valence-corrected chi connectivity index (χ0v) is 15.8. The number of rotatable bonds is 4. The van der Waals surface area contributed by atoms with Gasteiger partial charge in [0.25, 0.3) is 5.91 Å². The van der Waals surface area contributed by atoms with Gasteiger partial charge in [-0.05, 0) is 13.8 Å². The average molecular weight is 370 g/mol. The summed E-state index contributed by atoms with van der Waals surface area (Å²) in [7, 11) is -2.96. The van der Waals surface area contributed by atoms with Gasteiger partial charge in [0.2, 0.25) is 0 Å². The summed E-state index contributed by atoms with van der Waals surface area (Å²) in [6.45, 7) is 7.03. The second-order valence-electron chi connectivity index (χ2n) is 7.02. The minimum Gasteiger partial charge on any atom is -0.369 e. The molecule has 1 amide bonds. The van der Waals surface area contributed by atoms with Crippen molar-refractivity contribution in [3.63, 3.8) is 0 Å². The third-order valence-corrected chi connectivity index (χ3v) is 5.80. The standard InChI is InChI=1S/C16H26N4O4S/c1-11-10-13-14(12(2)24-11)17-18-15(13)16(21)20-6-4-19(5-7-20)8-9-25(3,22)23/h11-12H,4-10H2,1-3H3,(H,17,18)/t11-,12+/m1/s1. The summed E-state index contributed by atoms with van der Waals surface area (Å²) in [5, 5.41) is 7.22. The molecule has 8 nitrogen and oxygen atoms in total. The quantitative estimate of drug-likeness (QED) is 0.815. The van der Waals surface area contributed by atoms with Crippen molar-refractivity contribution >= 4 is 15.7 Å². The van der Waals surface area contributed by atoms with Crippen LogP contribution >= 0.6 is 0 Å². The van der Waals surface area contributed by atoms with Crippen molar-refractivity contribution in [2.24, 2.45) is 0 Å². The first kappa shape index (κ1) is 18.3. The highest BCUT2D eigenvalue weighted by molar-refractivity contribution is 7.90. The van der Waals surface area contributed by atoms with E-state index in [4.69, 9.17) is 4.74 Å². The van der Waals surface area contributed by atoms with Gasteiger partial charge in [-0.25, -0.2) is 8.42 Å². The van der Waals surface area contributed by atoms with Crippen molar-refractivity contribution in [1.29, 1.82) is 0 Å². The fourth-order valence-corrected chi connectivity index (χ4v) is 4.06. The Bertz CT molecular complexity index is 737. The monoisotopic (exact) mass is 370 g/mol. The Morgan fingerprint density at radius 2 is 1.96 bits per heavy atom. The Kier molecular flexibility index (Phi) is 5.17. The number of amides is 1. The van der Waals surface area contributed by atoms with E-state index in [0.717, 1.165) is 11.3 Å². The number of ether oxygens (including phenoxy) is 1. The highest BCUT2D eigenvalue weighted by Crippen LogP contribution is 2.30. The molecule has 0 saturated carbocycles. The summed E-state index contributed by atoms with van der Waals surface area (Å²) < 4.78 is 28.3. The first-order valence-electron chi connectivity index (χ1n) is 8.66. The number of sulfone groups is 1. The zero-order chi connectivity index (χ0) is 18.2. The number of aromatic amines is 1. The van der Waals surface area contributed by atoms with Crippen LogP contribution in [0.1, 0.15) is 41.7 Å². The van der Waals surface area contributed by atoms with Gasteiger partial charge in [-0.3, -0.25) is 14.8 Å². The molecule has 1 saturated heterocycles. The second-order valence-corrected chi connectivity index (χ2v) is 9.28. The lowest BCUT2D eigenvalue weighted by Gasteiger charge is -2.34. The highest BCUT2D eigenvalue weighted by Gasteiger charge is 2.32. The predicted octanol–water partition coefficient (Wildman–Crippen LogP) is 0.234. The van der Waals surface area contributed by atoms with Crippen molar-refractivity contribution in [3.05, 3.63) is 17.0 Å². The molecule has 1 N–H and O–H groups in total. The summed E-state index contributed by atoms with van der Waals surface area (Å²) >= 11 is 0. The number of carbonyl (C=O) groups excluding carboxylic acids is 1. The summed E-state index contributed by atoms with van der Waals surface area (Å²) in [6, 6.07) is 0. The maximum absolute atomic E-state index is 12.9. The van der Waals surface area contributed by atoms with Gasteiger partial charge >= 0.3 is 0 Å². The van der Waals surface area contributed by atoms with Crippen LogP contribution in [0.15, 0.2) is 0 Å². The zero-order valence-electron chi connectivity index (χ0n) is 15.0. The molecule has 9 heteroatoms. The fourth-order valence-electron chi connectivity index (χ4n) is 3.47. The molecular weight excluding hydrogens is 344 g/mol. The van der Waals surface area contributed by atoms with Crippen LogP contribution < -0.4 is 0 Å². The van der Waals surface area contributed by atoms with Gasteiger partial charge in [0.1, 0.15) is 9.84 Å². The number of aromatic nitrogens is 2. The molecule has 3 heterocycles. The van der Waals surface area contributed by atoms with E-state index < -0.39 is 9.84 Å². The summed E-state index contributed by atoms with van der Waals surface area (Å²) in [5.41, 5.74) is 2.37. The molecule has 25 heavy (non-hydrogen) atoms. The van der Waals surface area contributed by atoms with Crippen molar-refractivity contribution < 1.29 is 17.9 Å². The van der Waals surface area contributed by atoms with Crippen LogP contribution in [0.25, 0.3) is 0 Å². The lowest BCUT2D eigenvalue weighted by molar-refractivity contribution is -0.00704. The van der Waals surface area contributed by atoms with Crippen molar-refractivity contribution in [3.8, 4) is 0 Å². The van der Waals surface area contributed by atoms with Crippen LogP contribution in [-0.2, 0) is 21.0 Å². The van der Waals surface area contributed by atoms with Gasteiger partial charge in [-0.15, -0.1) is 0 Å². The topological polar surface area (TPSA) is 95.6 Å². The summed E-state index contributed by atoms with van der Waals surface area (Å²) in [6.07, 6.45) is 1.92. The van der Waals surface area contributed by atoms with E-state index in [1.807, 2.05) is 13.8 Å².